The van der Waals surface area contributed by atoms with Crippen molar-refractivity contribution >= 4 is 11.9 Å². The summed E-state index contributed by atoms with van der Waals surface area (Å²) in [6.07, 6.45) is -0.946. The number of aryl methyl sites for hydroxylation is 2. The fourth-order valence-electron chi connectivity index (χ4n) is 4.45. The number of aromatic nitrogens is 3. The van der Waals surface area contributed by atoms with Crippen LogP contribution in [-0.4, -0.2) is 90.8 Å². The Labute approximate surface area is 216 Å². The molecule has 0 radical (unpaired) electrons. The number of nitrogens with zero attached hydrogens (tertiary/aromatic N) is 5. The van der Waals surface area contributed by atoms with Gasteiger partial charge in [0.15, 0.2) is 5.82 Å². The highest BCUT2D eigenvalue weighted by molar-refractivity contribution is 5.75. The molecule has 0 saturated carbocycles. The molecule has 3 heterocycles. The van der Waals surface area contributed by atoms with E-state index in [2.05, 4.69) is 15.4 Å². The molecule has 198 valence electrons. The molecule has 1 aliphatic rings. The number of anilines is 1. The Hall–Kier alpha value is -3.70. The number of nitrogens with one attached hydrogen (secondary N) is 1. The van der Waals surface area contributed by atoms with Crippen molar-refractivity contribution < 1.29 is 23.9 Å². The molecule has 0 aliphatic carbocycles. The second kappa shape index (κ2) is 11.6. The maximum absolute atomic E-state index is 12.0. The zero-order valence-corrected chi connectivity index (χ0v) is 21.9. The van der Waals surface area contributed by atoms with Crippen LogP contribution in [0.2, 0.25) is 0 Å². The lowest BCUT2D eigenvalue weighted by Gasteiger charge is -2.35. The van der Waals surface area contributed by atoms with Gasteiger partial charge in [-0.25, -0.2) is 14.8 Å². The Morgan fingerprint density at radius 2 is 1.95 bits per heavy atom. The Kier molecular flexibility index (Phi) is 8.24. The van der Waals surface area contributed by atoms with Crippen LogP contribution in [0.5, 0.6) is 5.75 Å². The molecule has 0 bridgehead atoms. The minimum Gasteiger partial charge on any atom is -0.491 e. The number of rotatable bonds is 8. The molecule has 2 N–H and O–H groups in total. The van der Waals surface area contributed by atoms with Gasteiger partial charge in [-0.15, -0.1) is 0 Å². The second-order valence-corrected chi connectivity index (χ2v) is 9.04. The van der Waals surface area contributed by atoms with E-state index in [0.717, 1.165) is 33.9 Å². The van der Waals surface area contributed by atoms with Crippen molar-refractivity contribution in [1.29, 1.82) is 0 Å². The van der Waals surface area contributed by atoms with Gasteiger partial charge in [0.25, 0.3) is 0 Å². The van der Waals surface area contributed by atoms with Gasteiger partial charge in [0, 0.05) is 43.9 Å². The van der Waals surface area contributed by atoms with Gasteiger partial charge in [0.05, 0.1) is 24.1 Å². The van der Waals surface area contributed by atoms with Crippen LogP contribution < -0.4 is 15.0 Å². The molecule has 1 fully saturated rings. The molecule has 3 aromatic rings. The van der Waals surface area contributed by atoms with Crippen LogP contribution in [-0.2, 0) is 4.74 Å². The van der Waals surface area contributed by atoms with E-state index < -0.39 is 6.10 Å². The van der Waals surface area contributed by atoms with Crippen molar-refractivity contribution in [1.82, 2.24) is 25.3 Å². The number of piperazine rings is 1. The molecule has 11 nitrogen and oxygen atoms in total. The average molecular weight is 511 g/mol. The van der Waals surface area contributed by atoms with Gasteiger partial charge in [-0.1, -0.05) is 17.3 Å². The molecular formula is C26H34N6O5. The van der Waals surface area contributed by atoms with E-state index >= 15 is 0 Å². The van der Waals surface area contributed by atoms with Crippen molar-refractivity contribution in [3.63, 3.8) is 0 Å². The van der Waals surface area contributed by atoms with Crippen molar-refractivity contribution in [2.24, 2.45) is 0 Å². The SMILES string of the molecule is CNCC(O)COc1cccc(-c2nc(-c3c(C)noc3C)c(C)c(N3CCN(C(=O)OC)CC3)n2)c1. The van der Waals surface area contributed by atoms with Gasteiger partial charge in [-0.2, -0.15) is 0 Å². The minimum absolute atomic E-state index is 0.166. The molecule has 4 rings (SSSR count). The van der Waals surface area contributed by atoms with Crippen LogP contribution in [0.3, 0.4) is 0 Å². The number of benzene rings is 1. The summed E-state index contributed by atoms with van der Waals surface area (Å²) in [5, 5.41) is 17.1. The number of aliphatic hydroxyl groups excluding tert-OH is 1. The number of likely N-dealkylation sites (N-methyl/N-ethyl adjacent to an activating group) is 1. The van der Waals surface area contributed by atoms with Gasteiger partial charge in [0.1, 0.15) is 30.0 Å². The Bertz CT molecular complexity index is 1220. The number of methoxy groups -OCH3 is 1. The summed E-state index contributed by atoms with van der Waals surface area (Å²) in [5.74, 6) is 2.62. The molecule has 1 atom stereocenters. The normalized spacial score (nSPS) is 14.5. The van der Waals surface area contributed by atoms with Gasteiger partial charge in [-0.05, 0) is 40.0 Å². The maximum atomic E-state index is 12.0. The average Bonchev–Trinajstić information content (AvgIpc) is 3.25. The first-order valence-corrected chi connectivity index (χ1v) is 12.3. The number of amides is 1. The minimum atomic E-state index is -0.620. The molecule has 1 aromatic carbocycles. The summed E-state index contributed by atoms with van der Waals surface area (Å²) in [7, 11) is 3.17. The number of ether oxygens (including phenoxy) is 2. The zero-order chi connectivity index (χ0) is 26.5. The van der Waals surface area contributed by atoms with Gasteiger partial charge >= 0.3 is 6.09 Å². The first-order chi connectivity index (χ1) is 17.8. The maximum Gasteiger partial charge on any atom is 0.409 e. The summed E-state index contributed by atoms with van der Waals surface area (Å²) >= 11 is 0. The lowest BCUT2D eigenvalue weighted by molar-refractivity contribution is 0.108. The monoisotopic (exact) mass is 510 g/mol. The zero-order valence-electron chi connectivity index (χ0n) is 21.9. The van der Waals surface area contributed by atoms with Crippen molar-refractivity contribution in [3.8, 4) is 28.4 Å². The number of hydrogen-bond acceptors (Lipinski definition) is 10. The van der Waals surface area contributed by atoms with E-state index in [1.165, 1.54) is 7.11 Å². The number of hydrogen-bond donors (Lipinski definition) is 2. The molecule has 1 saturated heterocycles. The third kappa shape index (κ3) is 5.83. The first-order valence-electron chi connectivity index (χ1n) is 12.3. The lowest BCUT2D eigenvalue weighted by Crippen LogP contribution is -2.49. The second-order valence-electron chi connectivity index (χ2n) is 9.04. The van der Waals surface area contributed by atoms with Crippen molar-refractivity contribution in [3.05, 3.63) is 41.3 Å². The number of aliphatic hydroxyl groups is 1. The van der Waals surface area contributed by atoms with Crippen LogP contribution in [0.4, 0.5) is 10.6 Å². The van der Waals surface area contributed by atoms with Crippen LogP contribution >= 0.6 is 0 Å². The number of carbonyl (C=O) groups is 1. The van der Waals surface area contributed by atoms with Crippen LogP contribution in [0.1, 0.15) is 17.0 Å². The standard InChI is InChI=1S/C26H34N6O5/c1-16-23(22-17(2)30-37-18(22)3)28-24(19-7-6-8-21(13-19)36-15-20(33)14-27-4)29-25(16)31-9-11-32(12-10-31)26(34)35-5/h6-8,13,20,27,33H,9-12,14-15H2,1-5H3. The van der Waals surface area contributed by atoms with Crippen LogP contribution in [0.25, 0.3) is 22.6 Å². The third-order valence-corrected chi connectivity index (χ3v) is 6.38. The van der Waals surface area contributed by atoms with Crippen molar-refractivity contribution in [2.45, 2.75) is 26.9 Å². The Morgan fingerprint density at radius 1 is 1.19 bits per heavy atom. The lowest BCUT2D eigenvalue weighted by atomic mass is 10.0. The highest BCUT2D eigenvalue weighted by atomic mass is 16.5. The summed E-state index contributed by atoms with van der Waals surface area (Å²) in [4.78, 5) is 25.7. The molecule has 2 aromatic heterocycles. The van der Waals surface area contributed by atoms with E-state index in [-0.39, 0.29) is 12.7 Å². The fraction of sp³-hybridized carbons (Fsp3) is 0.462. The Balaban J connectivity index is 1.71. The van der Waals surface area contributed by atoms with Gasteiger partial charge in [0.2, 0.25) is 0 Å². The molecule has 1 amide bonds. The van der Waals surface area contributed by atoms with E-state index in [9.17, 15) is 9.90 Å². The van der Waals surface area contributed by atoms with E-state index in [4.69, 9.17) is 24.0 Å². The van der Waals surface area contributed by atoms with E-state index in [1.54, 1.807) is 11.9 Å². The van der Waals surface area contributed by atoms with E-state index in [1.807, 2.05) is 45.0 Å². The largest absolute Gasteiger partial charge is 0.491 e. The fourth-order valence-corrected chi connectivity index (χ4v) is 4.45. The molecule has 1 unspecified atom stereocenters. The molecule has 0 spiro atoms. The predicted molar refractivity (Wildman–Crippen MR) is 139 cm³/mol. The molecule has 11 heteroatoms. The molecular weight excluding hydrogens is 476 g/mol. The number of carbonyl (C=O) groups excluding carboxylic acids is 1. The first kappa shape index (κ1) is 26.4. The van der Waals surface area contributed by atoms with Gasteiger partial charge < -0.3 is 34.2 Å². The molecule has 37 heavy (non-hydrogen) atoms. The Morgan fingerprint density at radius 3 is 2.59 bits per heavy atom. The smallest absolute Gasteiger partial charge is 0.409 e. The third-order valence-electron chi connectivity index (χ3n) is 6.38. The summed E-state index contributed by atoms with van der Waals surface area (Å²) in [6.45, 7) is 8.65. The van der Waals surface area contributed by atoms with Crippen molar-refractivity contribution in [2.75, 3.05) is 58.4 Å². The summed E-state index contributed by atoms with van der Waals surface area (Å²) < 4.78 is 16.1. The highest BCUT2D eigenvalue weighted by Gasteiger charge is 2.27. The van der Waals surface area contributed by atoms with Gasteiger partial charge in [-0.3, -0.25) is 0 Å². The predicted octanol–water partition coefficient (Wildman–Crippen LogP) is 2.57. The topological polar surface area (TPSA) is 126 Å². The summed E-state index contributed by atoms with van der Waals surface area (Å²) in [5.41, 5.74) is 4.04. The molecule has 1 aliphatic heterocycles. The highest BCUT2D eigenvalue weighted by Crippen LogP contribution is 2.35. The summed E-state index contributed by atoms with van der Waals surface area (Å²) in [6, 6.07) is 7.51. The quantitative estimate of drug-likeness (QED) is 0.467. The van der Waals surface area contributed by atoms with Crippen LogP contribution in [0, 0.1) is 20.8 Å². The van der Waals surface area contributed by atoms with Crippen LogP contribution in [0.15, 0.2) is 28.8 Å². The van der Waals surface area contributed by atoms with E-state index in [0.29, 0.717) is 50.1 Å².